The maximum absolute atomic E-state index is 12.9. The van der Waals surface area contributed by atoms with E-state index < -0.39 is 41.6 Å². The maximum atomic E-state index is 12.9. The predicted molar refractivity (Wildman–Crippen MR) is 92.6 cm³/mol. The van der Waals surface area contributed by atoms with Crippen LogP contribution < -0.4 is 10.1 Å². The lowest BCUT2D eigenvalue weighted by Crippen LogP contribution is -2.57. The Balaban J connectivity index is 2.15. The second kappa shape index (κ2) is 7.74. The minimum atomic E-state index is -1.19. The first-order valence-corrected chi connectivity index (χ1v) is 8.34. The second-order valence-electron chi connectivity index (χ2n) is 7.38. The number of carboxylic acid groups (broad SMARTS) is 1. The molecular weight excluding hydrogens is 340 g/mol. The Hall–Kier alpha value is -2.61. The Morgan fingerprint density at radius 1 is 1.23 bits per heavy atom. The van der Waals surface area contributed by atoms with Crippen molar-refractivity contribution in [3.8, 4) is 5.75 Å². The maximum Gasteiger partial charge on any atom is 0.413 e. The van der Waals surface area contributed by atoms with Crippen molar-refractivity contribution in [2.24, 2.45) is 5.41 Å². The number of β-amino-alcohol motifs (C(OH)–C–C–N with tert-alkyl or cyclic N) is 1. The lowest BCUT2D eigenvalue weighted by Gasteiger charge is -2.34. The van der Waals surface area contributed by atoms with Crippen LogP contribution in [0.5, 0.6) is 5.75 Å². The topological polar surface area (TPSA) is 116 Å². The molecule has 0 aliphatic carbocycles. The minimum absolute atomic E-state index is 0.0353. The van der Waals surface area contributed by atoms with E-state index in [0.29, 0.717) is 5.75 Å². The number of carbonyl (C=O) groups excluding carboxylic acids is 2. The van der Waals surface area contributed by atoms with Crippen molar-refractivity contribution in [2.75, 3.05) is 6.54 Å². The number of carbonyl (C=O) groups is 3. The Labute approximate surface area is 151 Å². The first-order chi connectivity index (χ1) is 12.1. The summed E-state index contributed by atoms with van der Waals surface area (Å²) in [5.41, 5.74) is -0.691. The summed E-state index contributed by atoms with van der Waals surface area (Å²) < 4.78 is 5.16. The largest absolute Gasteiger partial charge is 0.480 e. The van der Waals surface area contributed by atoms with Crippen LogP contribution in [0.15, 0.2) is 30.3 Å². The van der Waals surface area contributed by atoms with Gasteiger partial charge in [-0.05, 0) is 17.5 Å². The van der Waals surface area contributed by atoms with Gasteiger partial charge >= 0.3 is 12.1 Å². The summed E-state index contributed by atoms with van der Waals surface area (Å²) in [5, 5.41) is 21.6. The number of carboxylic acids is 1. The number of ether oxygens (including phenoxy) is 1. The highest BCUT2D eigenvalue weighted by Crippen LogP contribution is 2.26. The zero-order chi connectivity index (χ0) is 19.5. The van der Waals surface area contributed by atoms with Crippen molar-refractivity contribution < 1.29 is 29.3 Å². The molecule has 0 saturated carbocycles. The number of hydrogen-bond acceptors (Lipinski definition) is 5. The summed E-state index contributed by atoms with van der Waals surface area (Å²) in [6.45, 7) is 5.17. The molecule has 1 aliphatic rings. The van der Waals surface area contributed by atoms with E-state index in [4.69, 9.17) is 4.74 Å². The molecule has 1 aromatic carbocycles. The van der Waals surface area contributed by atoms with E-state index in [1.807, 2.05) is 0 Å². The molecule has 26 heavy (non-hydrogen) atoms. The number of nitrogens with one attached hydrogen (secondary N) is 1. The summed E-state index contributed by atoms with van der Waals surface area (Å²) in [5.74, 6) is -1.43. The van der Waals surface area contributed by atoms with Crippen LogP contribution >= 0.6 is 0 Å². The third kappa shape index (κ3) is 4.72. The van der Waals surface area contributed by atoms with Crippen molar-refractivity contribution in [1.29, 1.82) is 0 Å². The highest BCUT2D eigenvalue weighted by atomic mass is 16.6. The fourth-order valence-electron chi connectivity index (χ4n) is 2.85. The lowest BCUT2D eigenvalue weighted by molar-refractivity contribution is -0.150. The number of likely N-dealkylation sites (tertiary alicyclic amines) is 1. The fraction of sp³-hybridized carbons (Fsp3) is 0.500. The van der Waals surface area contributed by atoms with Crippen LogP contribution in [-0.4, -0.2) is 57.8 Å². The molecule has 1 saturated heterocycles. The number of aliphatic carboxylic acids is 1. The highest BCUT2D eigenvalue weighted by Gasteiger charge is 2.44. The number of rotatable bonds is 4. The van der Waals surface area contributed by atoms with Gasteiger partial charge in [-0.1, -0.05) is 39.0 Å². The summed E-state index contributed by atoms with van der Waals surface area (Å²) in [4.78, 5) is 37.6. The summed E-state index contributed by atoms with van der Waals surface area (Å²) >= 11 is 0. The number of aliphatic hydroxyl groups is 1. The SMILES string of the molecule is CC(C)(C)[C@H](NC(=O)Oc1ccccc1)C(=O)N1C[C@H](O)C[C@H]1C(=O)O. The molecule has 8 heteroatoms. The third-order valence-electron chi connectivity index (χ3n) is 4.18. The van der Waals surface area contributed by atoms with Crippen molar-refractivity contribution >= 4 is 18.0 Å². The van der Waals surface area contributed by atoms with Gasteiger partial charge in [0.05, 0.1) is 6.10 Å². The Morgan fingerprint density at radius 2 is 1.85 bits per heavy atom. The van der Waals surface area contributed by atoms with Gasteiger partial charge < -0.3 is 25.2 Å². The van der Waals surface area contributed by atoms with Crippen LogP contribution in [-0.2, 0) is 9.59 Å². The van der Waals surface area contributed by atoms with Crippen molar-refractivity contribution in [1.82, 2.24) is 10.2 Å². The predicted octanol–water partition coefficient (Wildman–Crippen LogP) is 1.24. The first-order valence-electron chi connectivity index (χ1n) is 8.34. The summed E-state index contributed by atoms with van der Waals surface area (Å²) in [7, 11) is 0. The van der Waals surface area contributed by atoms with E-state index in [1.54, 1.807) is 51.1 Å². The Morgan fingerprint density at radius 3 is 2.38 bits per heavy atom. The van der Waals surface area contributed by atoms with Crippen molar-refractivity contribution in [3.05, 3.63) is 30.3 Å². The molecule has 0 aromatic heterocycles. The number of hydrogen-bond donors (Lipinski definition) is 3. The van der Waals surface area contributed by atoms with E-state index in [9.17, 15) is 24.6 Å². The first kappa shape index (κ1) is 19.7. The minimum Gasteiger partial charge on any atom is -0.480 e. The standard InChI is InChI=1S/C18H24N2O6/c1-18(2,3)14(19-17(25)26-12-7-5-4-6-8-12)15(22)20-10-11(21)9-13(20)16(23)24/h4-8,11,13-14,21H,9-10H2,1-3H3,(H,19,25)(H,23,24)/t11-,13+,14-/m1/s1. The molecule has 8 nitrogen and oxygen atoms in total. The van der Waals surface area contributed by atoms with E-state index >= 15 is 0 Å². The molecule has 1 aromatic rings. The average Bonchev–Trinajstić information content (AvgIpc) is 2.94. The molecule has 0 spiro atoms. The van der Waals surface area contributed by atoms with Gasteiger partial charge in [0.15, 0.2) is 0 Å². The fourth-order valence-corrected chi connectivity index (χ4v) is 2.85. The number of amides is 2. The van der Waals surface area contributed by atoms with E-state index in [2.05, 4.69) is 5.32 Å². The van der Waals surface area contributed by atoms with Crippen LogP contribution in [0.3, 0.4) is 0 Å². The van der Waals surface area contributed by atoms with E-state index in [1.165, 1.54) is 0 Å². The van der Waals surface area contributed by atoms with Gasteiger partial charge in [0.2, 0.25) is 5.91 Å². The normalized spacial score (nSPS) is 21.2. The van der Waals surface area contributed by atoms with Crippen LogP contribution in [0.4, 0.5) is 4.79 Å². The number of benzene rings is 1. The van der Waals surface area contributed by atoms with Crippen LogP contribution in [0.1, 0.15) is 27.2 Å². The van der Waals surface area contributed by atoms with Crippen LogP contribution in [0, 0.1) is 5.41 Å². The second-order valence-corrected chi connectivity index (χ2v) is 7.38. The molecule has 3 N–H and O–H groups in total. The molecule has 0 unspecified atom stereocenters. The van der Waals surface area contributed by atoms with Gasteiger partial charge in [-0.3, -0.25) is 4.79 Å². The molecular formula is C18H24N2O6. The van der Waals surface area contributed by atoms with Gasteiger partial charge in [-0.2, -0.15) is 0 Å². The molecule has 1 heterocycles. The highest BCUT2D eigenvalue weighted by molar-refractivity contribution is 5.90. The van der Waals surface area contributed by atoms with Gasteiger partial charge in [-0.15, -0.1) is 0 Å². The zero-order valence-electron chi connectivity index (χ0n) is 15.0. The lowest BCUT2D eigenvalue weighted by atomic mass is 9.85. The Bertz CT molecular complexity index is 670. The summed E-state index contributed by atoms with van der Waals surface area (Å²) in [6.07, 6.45) is -1.75. The number of aliphatic hydroxyl groups excluding tert-OH is 1. The molecule has 3 atom stereocenters. The van der Waals surface area contributed by atoms with E-state index in [-0.39, 0.29) is 13.0 Å². The third-order valence-corrected chi connectivity index (χ3v) is 4.18. The van der Waals surface area contributed by atoms with Crippen LogP contribution in [0.2, 0.25) is 0 Å². The van der Waals surface area contributed by atoms with Gasteiger partial charge in [0.25, 0.3) is 0 Å². The van der Waals surface area contributed by atoms with Crippen molar-refractivity contribution in [3.63, 3.8) is 0 Å². The summed E-state index contributed by atoms with van der Waals surface area (Å²) in [6, 6.07) is 6.27. The molecule has 1 fully saturated rings. The molecule has 1 aliphatic heterocycles. The monoisotopic (exact) mass is 364 g/mol. The van der Waals surface area contributed by atoms with Crippen molar-refractivity contribution in [2.45, 2.75) is 45.4 Å². The molecule has 0 bridgehead atoms. The Kier molecular flexibility index (Phi) is 5.86. The van der Waals surface area contributed by atoms with Gasteiger partial charge in [-0.25, -0.2) is 9.59 Å². The zero-order valence-corrected chi connectivity index (χ0v) is 15.0. The molecule has 142 valence electrons. The smallest absolute Gasteiger partial charge is 0.413 e. The quantitative estimate of drug-likeness (QED) is 0.740. The van der Waals surface area contributed by atoms with Crippen LogP contribution in [0.25, 0.3) is 0 Å². The van der Waals surface area contributed by atoms with Gasteiger partial charge in [0, 0.05) is 13.0 Å². The molecule has 2 rings (SSSR count). The number of para-hydroxylation sites is 1. The van der Waals surface area contributed by atoms with Gasteiger partial charge in [0.1, 0.15) is 17.8 Å². The number of nitrogens with zero attached hydrogens (tertiary/aromatic N) is 1. The average molecular weight is 364 g/mol. The van der Waals surface area contributed by atoms with E-state index in [0.717, 1.165) is 4.90 Å². The molecule has 0 radical (unpaired) electrons. The molecule has 2 amide bonds.